The Kier molecular flexibility index (Phi) is 8.57. The smallest absolute Gasteiger partial charge is 0.252 e. The maximum Gasteiger partial charge on any atom is 0.252 e. The molecule has 332 valence electrons. The van der Waals surface area contributed by atoms with Gasteiger partial charge in [-0.1, -0.05) is 167 Å². The second kappa shape index (κ2) is 14.4. The minimum absolute atomic E-state index is 0.0296. The normalized spacial score (nSPS) is 18.8. The molecule has 0 fully saturated rings. The highest BCUT2D eigenvalue weighted by Gasteiger charge is 2.48. The zero-order valence-electron chi connectivity index (χ0n) is 44.3. The van der Waals surface area contributed by atoms with E-state index in [1.807, 2.05) is 12.1 Å². The Morgan fingerprint density at radius 2 is 1.03 bits per heavy atom. The molecule has 0 spiro atoms. The lowest BCUT2D eigenvalue weighted by Gasteiger charge is -2.48. The summed E-state index contributed by atoms with van der Waals surface area (Å²) in [5, 5.41) is 0. The summed E-state index contributed by atoms with van der Waals surface area (Å²) >= 11 is 0. The van der Waals surface area contributed by atoms with Gasteiger partial charge in [-0.05, 0) is 175 Å². The molecule has 2 heterocycles. The zero-order chi connectivity index (χ0) is 49.0. The van der Waals surface area contributed by atoms with E-state index in [0.717, 1.165) is 81.1 Å². The van der Waals surface area contributed by atoms with Crippen LogP contribution in [0.15, 0.2) is 133 Å². The van der Waals surface area contributed by atoms with Crippen molar-refractivity contribution in [3.05, 3.63) is 172 Å². The van der Waals surface area contributed by atoms with Crippen LogP contribution in [-0.2, 0) is 27.1 Å². The Bertz CT molecular complexity index is 3240. The number of rotatable bonds is 4. The fraction of sp³-hybridized carbons (Fsp3) is 0.333. The van der Waals surface area contributed by atoms with Crippen LogP contribution in [0.4, 0.5) is 34.1 Å². The lowest BCUT2D eigenvalue weighted by molar-refractivity contribution is 0.332. The first-order chi connectivity index (χ1) is 32.4. The van der Waals surface area contributed by atoms with Gasteiger partial charge in [0.25, 0.3) is 6.71 Å². The van der Waals surface area contributed by atoms with Gasteiger partial charge in [-0.3, -0.25) is 0 Å². The van der Waals surface area contributed by atoms with Crippen molar-refractivity contribution in [2.24, 2.45) is 0 Å². The molecule has 4 aliphatic rings. The van der Waals surface area contributed by atoms with Crippen molar-refractivity contribution < 1.29 is 4.11 Å². The number of nitrogens with zero attached hydrogens (tertiary/aromatic N) is 2. The van der Waals surface area contributed by atoms with Crippen molar-refractivity contribution in [3.8, 4) is 22.3 Å². The second-order valence-electron chi connectivity index (χ2n) is 23.9. The molecule has 0 unspecified atom stereocenters. The quantitative estimate of drug-likeness (QED) is 0.163. The Hall–Kier alpha value is -5.80. The summed E-state index contributed by atoms with van der Waals surface area (Å²) in [6, 6.07) is 49.5. The maximum atomic E-state index is 9.24. The molecular formula is C63H67BN2. The molecule has 3 heteroatoms. The van der Waals surface area contributed by atoms with Gasteiger partial charge in [0.05, 0.1) is 5.69 Å². The first kappa shape index (κ1) is 39.4. The van der Waals surface area contributed by atoms with Crippen LogP contribution >= 0.6 is 0 Å². The Morgan fingerprint density at radius 3 is 1.65 bits per heavy atom. The van der Waals surface area contributed by atoms with Crippen molar-refractivity contribution in [1.82, 2.24) is 0 Å². The van der Waals surface area contributed by atoms with Gasteiger partial charge in [0.2, 0.25) is 0 Å². The number of benzene rings is 7. The highest BCUT2D eigenvalue weighted by molar-refractivity contribution is 7.00. The van der Waals surface area contributed by atoms with E-state index in [-0.39, 0.29) is 33.8 Å². The SMILES string of the molecule is [2H]C([2H])([2H])c1cc2c3c(c1)N(c1ccc(C(C)(C)C)cc1-c1ccccc1)c1cc(-c4ccccc4)ccc1B3c1cc3c(cc1N2c1cc2c(cc1C)C(C)(C)CC2(C)C)C(C)(C)CCC3(C)C. The molecule has 7 aromatic carbocycles. The van der Waals surface area contributed by atoms with E-state index in [4.69, 9.17) is 0 Å². The summed E-state index contributed by atoms with van der Waals surface area (Å²) in [5.74, 6) is 0. The third kappa shape index (κ3) is 6.50. The molecule has 2 aliphatic heterocycles. The lowest BCUT2D eigenvalue weighted by Crippen LogP contribution is -2.62. The highest BCUT2D eigenvalue weighted by Crippen LogP contribution is 2.55. The van der Waals surface area contributed by atoms with Gasteiger partial charge in [0.1, 0.15) is 0 Å². The zero-order valence-corrected chi connectivity index (χ0v) is 41.3. The molecule has 0 saturated heterocycles. The third-order valence-corrected chi connectivity index (χ3v) is 16.3. The molecule has 0 radical (unpaired) electrons. The molecule has 7 aromatic rings. The minimum Gasteiger partial charge on any atom is -0.311 e. The summed E-state index contributed by atoms with van der Waals surface area (Å²) in [6.07, 6.45) is 3.26. The number of hydrogen-bond acceptors (Lipinski definition) is 2. The van der Waals surface area contributed by atoms with Crippen molar-refractivity contribution in [3.63, 3.8) is 0 Å². The van der Waals surface area contributed by atoms with Gasteiger partial charge in [0, 0.05) is 38.1 Å². The molecule has 0 N–H and O–H groups in total. The first-order valence-electron chi connectivity index (χ1n) is 25.9. The van der Waals surface area contributed by atoms with E-state index in [1.165, 1.54) is 44.3 Å². The van der Waals surface area contributed by atoms with Crippen molar-refractivity contribution >= 4 is 57.2 Å². The number of fused-ring (bicyclic) bond motifs is 6. The number of hydrogen-bond donors (Lipinski definition) is 0. The molecule has 0 aromatic heterocycles. The first-order valence-corrected chi connectivity index (χ1v) is 24.4. The van der Waals surface area contributed by atoms with E-state index in [2.05, 4.69) is 214 Å². The summed E-state index contributed by atoms with van der Waals surface area (Å²) < 4.78 is 27.7. The van der Waals surface area contributed by atoms with Crippen LogP contribution in [0, 0.1) is 13.8 Å². The molecule has 0 amide bonds. The molecule has 11 rings (SSSR count). The predicted octanol–water partition coefficient (Wildman–Crippen LogP) is 15.3. The van der Waals surface area contributed by atoms with Gasteiger partial charge in [-0.25, -0.2) is 0 Å². The van der Waals surface area contributed by atoms with Crippen LogP contribution in [0.5, 0.6) is 0 Å². The summed E-state index contributed by atoms with van der Waals surface area (Å²) in [6.45, 7) is 25.8. The van der Waals surface area contributed by atoms with Gasteiger partial charge in [-0.15, -0.1) is 0 Å². The number of aryl methyl sites for hydroxylation is 2. The fourth-order valence-corrected chi connectivity index (χ4v) is 12.8. The summed E-state index contributed by atoms with van der Waals surface area (Å²) in [5.41, 5.74) is 22.5. The highest BCUT2D eigenvalue weighted by atomic mass is 15.2. The third-order valence-electron chi connectivity index (χ3n) is 16.3. The van der Waals surface area contributed by atoms with Crippen LogP contribution in [0.2, 0.25) is 0 Å². The lowest BCUT2D eigenvalue weighted by atomic mass is 9.33. The van der Waals surface area contributed by atoms with E-state index < -0.39 is 6.85 Å². The topological polar surface area (TPSA) is 6.48 Å². The van der Waals surface area contributed by atoms with Crippen molar-refractivity contribution in [2.45, 2.75) is 136 Å². The predicted molar refractivity (Wildman–Crippen MR) is 285 cm³/mol. The summed E-state index contributed by atoms with van der Waals surface area (Å²) in [7, 11) is 0. The molecule has 2 nitrogen and oxygen atoms in total. The van der Waals surface area contributed by atoms with Gasteiger partial charge >= 0.3 is 0 Å². The van der Waals surface area contributed by atoms with Crippen LogP contribution in [0.25, 0.3) is 22.3 Å². The average molecular weight is 866 g/mol. The van der Waals surface area contributed by atoms with E-state index in [9.17, 15) is 4.11 Å². The van der Waals surface area contributed by atoms with Crippen molar-refractivity contribution in [2.75, 3.05) is 9.80 Å². The number of anilines is 6. The van der Waals surface area contributed by atoms with Crippen LogP contribution in [0.3, 0.4) is 0 Å². The monoisotopic (exact) mass is 866 g/mol. The molecule has 66 heavy (non-hydrogen) atoms. The maximum absolute atomic E-state index is 9.24. The second-order valence-corrected chi connectivity index (χ2v) is 23.9. The van der Waals surface area contributed by atoms with Gasteiger partial charge < -0.3 is 9.80 Å². The largest absolute Gasteiger partial charge is 0.311 e. The van der Waals surface area contributed by atoms with Crippen LogP contribution in [0.1, 0.15) is 138 Å². The minimum atomic E-state index is -2.38. The van der Waals surface area contributed by atoms with Gasteiger partial charge in [-0.2, -0.15) is 0 Å². The van der Waals surface area contributed by atoms with Crippen LogP contribution < -0.4 is 26.2 Å². The molecule has 0 atom stereocenters. The average Bonchev–Trinajstić information content (AvgIpc) is 3.47. The summed E-state index contributed by atoms with van der Waals surface area (Å²) in [4.78, 5) is 4.92. The molecule has 0 saturated carbocycles. The fourth-order valence-electron chi connectivity index (χ4n) is 12.8. The molecule has 0 bridgehead atoms. The Labute approximate surface area is 400 Å². The molecule has 2 aliphatic carbocycles. The van der Waals surface area contributed by atoms with Gasteiger partial charge in [0.15, 0.2) is 0 Å². The van der Waals surface area contributed by atoms with E-state index in [1.54, 1.807) is 0 Å². The van der Waals surface area contributed by atoms with E-state index >= 15 is 0 Å². The Balaban J connectivity index is 1.31. The van der Waals surface area contributed by atoms with Crippen LogP contribution in [-0.4, -0.2) is 6.71 Å². The molecular weight excluding hydrogens is 796 g/mol. The van der Waals surface area contributed by atoms with Crippen molar-refractivity contribution in [1.29, 1.82) is 0 Å². The van der Waals surface area contributed by atoms with E-state index in [0.29, 0.717) is 5.56 Å². The Morgan fingerprint density at radius 1 is 0.485 bits per heavy atom. The standard InChI is InChI=1S/C63H67BN2/c1-39-30-56-58-57(31-39)66(53-36-49-46(32-40(53)2)62(10,11)38-63(49,12)13)55-37-48-47(60(6,7)28-29-61(48,8)9)35-51(55)64(58)50-26-24-43(41-20-16-14-17-21-41)33-54(50)65(56)52-27-25-44(59(3,4)5)34-45(52)42-22-18-15-19-23-42/h14-27,30-37H,28-29,38H2,1-13H3/i1D3.